The topological polar surface area (TPSA) is 37.3 Å². The van der Waals surface area contributed by atoms with Gasteiger partial charge >= 0.3 is 0 Å². The molecule has 0 amide bonds. The summed E-state index contributed by atoms with van der Waals surface area (Å²) in [6.45, 7) is 0. The fourth-order valence-corrected chi connectivity index (χ4v) is 5.88. The van der Waals surface area contributed by atoms with Gasteiger partial charge in [-0.25, -0.2) is 0 Å². The highest BCUT2D eigenvalue weighted by molar-refractivity contribution is 7.86. The first kappa shape index (κ1) is 13.3. The number of aryl methyl sites for hydroxylation is 1. The van der Waals surface area contributed by atoms with E-state index in [0.29, 0.717) is 0 Å². The molecule has 2 heterocycles. The molecule has 2 saturated heterocycles. The average Bonchev–Trinajstić information content (AvgIpc) is 2.63. The monoisotopic (exact) mass is 278 g/mol. The fourth-order valence-electron chi connectivity index (χ4n) is 3.65. The summed E-state index contributed by atoms with van der Waals surface area (Å²) in [5, 5.41) is 11.2. The average molecular weight is 278 g/mol. The summed E-state index contributed by atoms with van der Waals surface area (Å²) in [5.74, 6) is 0. The van der Waals surface area contributed by atoms with Crippen LogP contribution in [0.2, 0.25) is 0 Å². The van der Waals surface area contributed by atoms with E-state index in [0.717, 1.165) is 44.9 Å². The first-order chi connectivity index (χ1) is 9.16. The van der Waals surface area contributed by atoms with Gasteiger partial charge in [0.1, 0.15) is 0 Å². The normalized spacial score (nSPS) is 37.4. The van der Waals surface area contributed by atoms with E-state index in [1.165, 1.54) is 5.56 Å². The van der Waals surface area contributed by atoms with Crippen LogP contribution >= 0.6 is 0 Å². The van der Waals surface area contributed by atoms with Gasteiger partial charge in [-0.05, 0) is 50.5 Å². The van der Waals surface area contributed by atoms with Crippen molar-refractivity contribution in [2.24, 2.45) is 0 Å². The lowest BCUT2D eigenvalue weighted by Gasteiger charge is -2.36. The predicted octanol–water partition coefficient (Wildman–Crippen LogP) is 2.81. The highest BCUT2D eigenvalue weighted by Crippen LogP contribution is 2.42. The lowest BCUT2D eigenvalue weighted by Crippen LogP contribution is -2.42. The summed E-state index contributed by atoms with van der Waals surface area (Å²) in [7, 11) is -0.667. The van der Waals surface area contributed by atoms with Crippen molar-refractivity contribution < 1.29 is 9.32 Å². The molecule has 2 aliphatic heterocycles. The SMILES string of the molecule is O=S1C2CCC1CC(O)(CCCc1ccccc1)C2. The van der Waals surface area contributed by atoms with Gasteiger partial charge in [-0.2, -0.15) is 0 Å². The molecule has 3 rings (SSSR count). The molecule has 2 bridgehead atoms. The van der Waals surface area contributed by atoms with Crippen LogP contribution in [-0.2, 0) is 17.2 Å². The van der Waals surface area contributed by atoms with Crippen LogP contribution in [0.4, 0.5) is 0 Å². The number of fused-ring (bicyclic) bond motifs is 2. The minimum Gasteiger partial charge on any atom is -0.390 e. The van der Waals surface area contributed by atoms with Gasteiger partial charge in [0.25, 0.3) is 0 Å². The van der Waals surface area contributed by atoms with Crippen molar-refractivity contribution in [3.63, 3.8) is 0 Å². The Morgan fingerprint density at radius 3 is 2.42 bits per heavy atom. The zero-order valence-corrected chi connectivity index (χ0v) is 12.1. The molecule has 1 aromatic rings. The molecule has 2 nitrogen and oxygen atoms in total. The smallest absolute Gasteiger partial charge is 0.0670 e. The molecule has 19 heavy (non-hydrogen) atoms. The van der Waals surface area contributed by atoms with E-state index < -0.39 is 16.4 Å². The Hall–Kier alpha value is -0.670. The van der Waals surface area contributed by atoms with Gasteiger partial charge in [0.2, 0.25) is 0 Å². The summed E-state index contributed by atoms with van der Waals surface area (Å²) in [5.41, 5.74) is 0.794. The molecule has 1 aromatic carbocycles. The lowest BCUT2D eigenvalue weighted by molar-refractivity contribution is 0.0126. The lowest BCUT2D eigenvalue weighted by atomic mass is 9.87. The van der Waals surface area contributed by atoms with Crippen LogP contribution in [0.25, 0.3) is 0 Å². The van der Waals surface area contributed by atoms with Gasteiger partial charge in [-0.1, -0.05) is 30.3 Å². The third-order valence-corrected chi connectivity index (χ3v) is 6.75. The predicted molar refractivity (Wildman–Crippen MR) is 78.5 cm³/mol. The molecule has 0 aliphatic carbocycles. The van der Waals surface area contributed by atoms with E-state index in [4.69, 9.17) is 0 Å². The number of hydrogen-bond donors (Lipinski definition) is 1. The summed E-state index contributed by atoms with van der Waals surface area (Å²) in [6.07, 6.45) is 6.52. The highest BCUT2D eigenvalue weighted by atomic mass is 32.2. The van der Waals surface area contributed by atoms with E-state index >= 15 is 0 Å². The molecule has 104 valence electrons. The molecule has 2 aliphatic rings. The third-order valence-electron chi connectivity index (χ3n) is 4.63. The molecular formula is C16H22O2S. The van der Waals surface area contributed by atoms with E-state index in [1.807, 2.05) is 6.07 Å². The van der Waals surface area contributed by atoms with Crippen LogP contribution in [0.3, 0.4) is 0 Å². The minimum absolute atomic E-state index is 0.264. The number of rotatable bonds is 4. The van der Waals surface area contributed by atoms with Crippen LogP contribution < -0.4 is 0 Å². The zero-order valence-electron chi connectivity index (χ0n) is 11.3. The maximum atomic E-state index is 12.0. The van der Waals surface area contributed by atoms with Gasteiger partial charge in [0.15, 0.2) is 0 Å². The fraction of sp³-hybridized carbons (Fsp3) is 0.625. The third kappa shape index (κ3) is 2.92. The van der Waals surface area contributed by atoms with Crippen molar-refractivity contribution in [2.45, 2.75) is 61.0 Å². The van der Waals surface area contributed by atoms with Gasteiger partial charge < -0.3 is 5.11 Å². The number of hydrogen-bond acceptors (Lipinski definition) is 2. The largest absolute Gasteiger partial charge is 0.390 e. The number of benzene rings is 1. The summed E-state index contributed by atoms with van der Waals surface area (Å²) in [6, 6.07) is 10.4. The quantitative estimate of drug-likeness (QED) is 0.919. The van der Waals surface area contributed by atoms with E-state index in [1.54, 1.807) is 0 Å². The Kier molecular flexibility index (Phi) is 3.77. The molecule has 0 aromatic heterocycles. The van der Waals surface area contributed by atoms with Crippen molar-refractivity contribution in [3.05, 3.63) is 35.9 Å². The Morgan fingerprint density at radius 1 is 1.16 bits per heavy atom. The maximum Gasteiger partial charge on any atom is 0.0670 e. The summed E-state index contributed by atoms with van der Waals surface area (Å²) < 4.78 is 12.0. The van der Waals surface area contributed by atoms with Crippen LogP contribution in [0.5, 0.6) is 0 Å². The van der Waals surface area contributed by atoms with Crippen LogP contribution in [-0.4, -0.2) is 25.4 Å². The highest BCUT2D eigenvalue weighted by Gasteiger charge is 2.47. The van der Waals surface area contributed by atoms with Gasteiger partial charge in [-0.3, -0.25) is 4.21 Å². The molecule has 2 fully saturated rings. The molecule has 1 N–H and O–H groups in total. The zero-order chi connectivity index (χ0) is 13.3. The van der Waals surface area contributed by atoms with Crippen molar-refractivity contribution in [2.75, 3.05) is 0 Å². The van der Waals surface area contributed by atoms with Crippen molar-refractivity contribution in [3.8, 4) is 0 Å². The van der Waals surface area contributed by atoms with Gasteiger partial charge in [0, 0.05) is 21.3 Å². The van der Waals surface area contributed by atoms with Crippen LogP contribution in [0, 0.1) is 0 Å². The Balaban J connectivity index is 1.54. The standard InChI is InChI=1S/C16H22O2S/c17-16(10-4-7-13-5-2-1-3-6-13)11-14-8-9-15(12-16)19(14)18/h1-3,5-6,14-15,17H,4,7-12H2. The first-order valence-corrected chi connectivity index (χ1v) is 8.60. The first-order valence-electron chi connectivity index (χ1n) is 7.32. The molecule has 0 spiro atoms. The van der Waals surface area contributed by atoms with E-state index in [9.17, 15) is 9.32 Å². The Labute approximate surface area is 117 Å². The maximum absolute atomic E-state index is 12.0. The van der Waals surface area contributed by atoms with E-state index in [-0.39, 0.29) is 10.5 Å². The molecule has 3 heteroatoms. The van der Waals surface area contributed by atoms with Crippen molar-refractivity contribution in [1.29, 1.82) is 0 Å². The second kappa shape index (κ2) is 5.37. The van der Waals surface area contributed by atoms with Crippen LogP contribution in [0.1, 0.15) is 44.1 Å². The molecule has 2 atom stereocenters. The van der Waals surface area contributed by atoms with Crippen LogP contribution in [0.15, 0.2) is 30.3 Å². The van der Waals surface area contributed by atoms with Gasteiger partial charge in [0.05, 0.1) is 5.60 Å². The summed E-state index contributed by atoms with van der Waals surface area (Å²) in [4.78, 5) is 0. The Bertz CT molecular complexity index is 441. The van der Waals surface area contributed by atoms with Crippen molar-refractivity contribution >= 4 is 10.8 Å². The molecule has 2 unspecified atom stereocenters. The summed E-state index contributed by atoms with van der Waals surface area (Å²) >= 11 is 0. The molecular weight excluding hydrogens is 256 g/mol. The Morgan fingerprint density at radius 2 is 1.79 bits per heavy atom. The molecule has 0 saturated carbocycles. The minimum atomic E-state index is -0.667. The second-order valence-electron chi connectivity index (χ2n) is 6.12. The molecule has 0 radical (unpaired) electrons. The van der Waals surface area contributed by atoms with Gasteiger partial charge in [-0.15, -0.1) is 0 Å². The van der Waals surface area contributed by atoms with E-state index in [2.05, 4.69) is 24.3 Å². The van der Waals surface area contributed by atoms with Crippen molar-refractivity contribution in [1.82, 2.24) is 0 Å². The number of aliphatic hydroxyl groups is 1. The second-order valence-corrected chi connectivity index (χ2v) is 8.11.